The van der Waals surface area contributed by atoms with Crippen molar-refractivity contribution in [2.75, 3.05) is 13.7 Å². The van der Waals surface area contributed by atoms with Gasteiger partial charge in [-0.25, -0.2) is 14.8 Å². The van der Waals surface area contributed by atoms with Crippen LogP contribution in [0.25, 0.3) is 21.9 Å². The summed E-state index contributed by atoms with van der Waals surface area (Å²) in [6.07, 6.45) is 0.435. The molecule has 0 amide bonds. The predicted octanol–water partition coefficient (Wildman–Crippen LogP) is 1.90. The van der Waals surface area contributed by atoms with Crippen molar-refractivity contribution < 1.29 is 9.80 Å². The third-order valence-corrected chi connectivity index (χ3v) is 6.75. The molecule has 186 valence electrons. The number of hydrogen-bond acceptors (Lipinski definition) is 7. The van der Waals surface area contributed by atoms with Gasteiger partial charge >= 0.3 is 5.69 Å². The van der Waals surface area contributed by atoms with Crippen LogP contribution in [0.2, 0.25) is 0 Å². The number of nitrogens with one attached hydrogen (secondary N) is 1. The Morgan fingerprint density at radius 1 is 1.11 bits per heavy atom. The Hall–Kier alpha value is -3.92. The zero-order chi connectivity index (χ0) is 25.6. The maximum Gasteiger partial charge on any atom is 0.332 e. The van der Waals surface area contributed by atoms with E-state index in [1.165, 1.54) is 11.6 Å². The Labute approximate surface area is 207 Å². The SMILES string of the molecule is CC(C)Cn1c(=O)n(C)c(=O)c2nc(C3NN=[N+](C)C3CO)c(Cc3cccc4ccccc34)nc21. The van der Waals surface area contributed by atoms with Gasteiger partial charge in [-0.1, -0.05) is 56.3 Å². The lowest BCUT2D eigenvalue weighted by Gasteiger charge is -2.18. The monoisotopic (exact) mass is 488 g/mol. The summed E-state index contributed by atoms with van der Waals surface area (Å²) in [6.45, 7) is 4.27. The molecule has 0 bridgehead atoms. The molecule has 10 nitrogen and oxygen atoms in total. The van der Waals surface area contributed by atoms with Crippen molar-refractivity contribution in [1.29, 1.82) is 0 Å². The molecule has 2 aromatic heterocycles. The van der Waals surface area contributed by atoms with Crippen LogP contribution >= 0.6 is 0 Å². The molecule has 0 saturated carbocycles. The highest BCUT2D eigenvalue weighted by Crippen LogP contribution is 2.28. The smallest absolute Gasteiger partial charge is 0.332 e. The first-order chi connectivity index (χ1) is 17.3. The summed E-state index contributed by atoms with van der Waals surface area (Å²) >= 11 is 0. The summed E-state index contributed by atoms with van der Waals surface area (Å²) in [5.41, 5.74) is 4.76. The van der Waals surface area contributed by atoms with Crippen LogP contribution in [0.15, 0.2) is 57.3 Å². The fourth-order valence-electron chi connectivity index (χ4n) is 4.85. The molecular weight excluding hydrogens is 458 g/mol. The summed E-state index contributed by atoms with van der Waals surface area (Å²) in [5.74, 6) is 0.161. The van der Waals surface area contributed by atoms with Crippen molar-refractivity contribution in [3.05, 3.63) is 80.3 Å². The van der Waals surface area contributed by atoms with Crippen molar-refractivity contribution in [3.8, 4) is 0 Å². The van der Waals surface area contributed by atoms with E-state index in [4.69, 9.17) is 9.97 Å². The molecule has 4 aromatic rings. The third kappa shape index (κ3) is 3.97. The van der Waals surface area contributed by atoms with Crippen LogP contribution in [0, 0.1) is 5.92 Å². The molecule has 0 aliphatic carbocycles. The van der Waals surface area contributed by atoms with E-state index in [1.807, 2.05) is 38.1 Å². The van der Waals surface area contributed by atoms with Crippen LogP contribution in [-0.2, 0) is 20.0 Å². The van der Waals surface area contributed by atoms with Crippen molar-refractivity contribution in [2.45, 2.75) is 38.9 Å². The highest BCUT2D eigenvalue weighted by molar-refractivity contribution is 5.86. The summed E-state index contributed by atoms with van der Waals surface area (Å²) < 4.78 is 4.26. The minimum Gasteiger partial charge on any atom is -0.392 e. The van der Waals surface area contributed by atoms with E-state index < -0.39 is 17.3 Å². The molecule has 10 heteroatoms. The highest BCUT2D eigenvalue weighted by Gasteiger charge is 2.40. The van der Waals surface area contributed by atoms with Crippen molar-refractivity contribution in [3.63, 3.8) is 0 Å². The van der Waals surface area contributed by atoms with E-state index in [0.717, 1.165) is 20.9 Å². The molecule has 1 aliphatic heterocycles. The molecule has 2 N–H and O–H groups in total. The number of benzene rings is 2. The van der Waals surface area contributed by atoms with Crippen LogP contribution in [0.4, 0.5) is 0 Å². The molecule has 2 aromatic carbocycles. The number of aromatic nitrogens is 4. The van der Waals surface area contributed by atoms with Gasteiger partial charge in [-0.05, 0) is 22.3 Å². The summed E-state index contributed by atoms with van der Waals surface area (Å²) in [6, 6.07) is 13.4. The van der Waals surface area contributed by atoms with E-state index in [-0.39, 0.29) is 29.7 Å². The van der Waals surface area contributed by atoms with E-state index in [0.29, 0.717) is 24.4 Å². The standard InChI is InChI=1S/C26H29N7O3/c1-15(2)13-33-24-23(25(35)31(3)26(33)36)28-21(22-20(14-34)32(4)30-29-22)19(27-24)12-17-10-7-9-16-8-5-6-11-18(16)17/h5-11,15,20,22,34H,12-14H2,1-4H3/p+1. The van der Waals surface area contributed by atoms with E-state index in [1.54, 1.807) is 11.7 Å². The number of aliphatic hydroxyl groups is 1. The third-order valence-electron chi connectivity index (χ3n) is 6.75. The van der Waals surface area contributed by atoms with Gasteiger partial charge in [0.1, 0.15) is 5.69 Å². The van der Waals surface area contributed by atoms with Crippen molar-refractivity contribution in [2.24, 2.45) is 18.2 Å². The molecule has 0 radical (unpaired) electrons. The fourth-order valence-corrected chi connectivity index (χ4v) is 4.85. The zero-order valence-electron chi connectivity index (χ0n) is 20.8. The van der Waals surface area contributed by atoms with Gasteiger partial charge in [0.2, 0.25) is 6.04 Å². The Balaban J connectivity index is 1.79. The van der Waals surface area contributed by atoms with Gasteiger partial charge in [0.25, 0.3) is 5.56 Å². The Bertz CT molecular complexity index is 1610. The molecule has 1 aliphatic rings. The Morgan fingerprint density at radius 2 is 1.86 bits per heavy atom. The van der Waals surface area contributed by atoms with Crippen LogP contribution in [0.5, 0.6) is 0 Å². The molecule has 2 atom stereocenters. The lowest BCUT2D eigenvalue weighted by Crippen LogP contribution is -2.40. The molecule has 5 rings (SSSR count). The molecule has 2 unspecified atom stereocenters. The number of rotatable bonds is 6. The number of fused-ring (bicyclic) bond motifs is 2. The highest BCUT2D eigenvalue weighted by atomic mass is 16.3. The predicted molar refractivity (Wildman–Crippen MR) is 136 cm³/mol. The second kappa shape index (κ2) is 9.27. The molecule has 3 heterocycles. The van der Waals surface area contributed by atoms with Gasteiger partial charge in [-0.3, -0.25) is 13.9 Å². The van der Waals surface area contributed by atoms with Crippen LogP contribution in [-0.4, -0.2) is 48.6 Å². The molecule has 0 fully saturated rings. The first-order valence-electron chi connectivity index (χ1n) is 12.1. The molecule has 0 spiro atoms. The quantitative estimate of drug-likeness (QED) is 0.401. The fraction of sp³-hybridized carbons (Fsp3) is 0.385. The largest absolute Gasteiger partial charge is 0.392 e. The Kier molecular flexibility index (Phi) is 6.13. The van der Waals surface area contributed by atoms with Gasteiger partial charge in [0, 0.05) is 20.0 Å². The number of aliphatic hydroxyl groups excluding tert-OH is 1. The van der Waals surface area contributed by atoms with Crippen molar-refractivity contribution in [1.82, 2.24) is 24.5 Å². The Morgan fingerprint density at radius 3 is 2.61 bits per heavy atom. The van der Waals surface area contributed by atoms with Crippen LogP contribution < -0.4 is 16.7 Å². The second-order valence-electron chi connectivity index (χ2n) is 9.72. The number of nitrogens with zero attached hydrogens (tertiary/aromatic N) is 6. The van der Waals surface area contributed by atoms with Gasteiger partial charge in [-0.15, -0.1) is 0 Å². The second-order valence-corrected chi connectivity index (χ2v) is 9.72. The summed E-state index contributed by atoms with van der Waals surface area (Å²) in [7, 11) is 3.23. The first kappa shape index (κ1) is 23.8. The molecular formula is C26H30N7O3+. The number of hydrogen-bond donors (Lipinski definition) is 2. The van der Waals surface area contributed by atoms with E-state index in [2.05, 4.69) is 28.8 Å². The van der Waals surface area contributed by atoms with Gasteiger partial charge in [0.05, 0.1) is 24.6 Å². The van der Waals surface area contributed by atoms with E-state index in [9.17, 15) is 14.7 Å². The lowest BCUT2D eigenvalue weighted by atomic mass is 9.97. The average molecular weight is 489 g/mol. The maximum absolute atomic E-state index is 13.2. The summed E-state index contributed by atoms with van der Waals surface area (Å²) in [5, 5.41) is 16.5. The minimum absolute atomic E-state index is 0.127. The normalized spacial score (nSPS) is 17.7. The van der Waals surface area contributed by atoms with Crippen LogP contribution in [0.1, 0.15) is 36.8 Å². The van der Waals surface area contributed by atoms with Gasteiger partial charge < -0.3 is 5.11 Å². The van der Waals surface area contributed by atoms with Gasteiger partial charge in [-0.2, -0.15) is 10.1 Å². The van der Waals surface area contributed by atoms with Crippen molar-refractivity contribution >= 4 is 21.9 Å². The molecule has 36 heavy (non-hydrogen) atoms. The maximum atomic E-state index is 13.2. The van der Waals surface area contributed by atoms with Gasteiger partial charge in [0.15, 0.2) is 17.2 Å². The number of likely N-dealkylation sites (N-methyl/N-ethyl adjacent to an activating group) is 1. The van der Waals surface area contributed by atoms with E-state index >= 15 is 0 Å². The average Bonchev–Trinajstić information content (AvgIpc) is 3.25. The van der Waals surface area contributed by atoms with Crippen LogP contribution in [0.3, 0.4) is 0 Å². The summed E-state index contributed by atoms with van der Waals surface area (Å²) in [4.78, 5) is 36.0. The minimum atomic E-state index is -0.496. The lowest BCUT2D eigenvalue weighted by molar-refractivity contribution is -0.593. The zero-order valence-corrected chi connectivity index (χ0v) is 20.8. The molecule has 0 saturated heterocycles. The topological polar surface area (TPSA) is 117 Å². The first-order valence-corrected chi connectivity index (χ1v) is 12.1.